The fourth-order valence-electron chi connectivity index (χ4n) is 0. The molecule has 0 saturated carbocycles. The van der Waals surface area contributed by atoms with E-state index in [-0.39, 0.29) is 0 Å². The van der Waals surface area contributed by atoms with Crippen LogP contribution in [0.5, 0.6) is 0 Å². The first-order chi connectivity index (χ1) is 2.27. The predicted molar refractivity (Wildman–Crippen MR) is 20.4 cm³/mol. The highest BCUT2D eigenvalue weighted by molar-refractivity contribution is 7.85. The lowest BCUT2D eigenvalue weighted by molar-refractivity contribution is 0.547. The van der Waals surface area contributed by atoms with Gasteiger partial charge in [0.1, 0.15) is 0 Å². The Labute approximate surface area is 36.7 Å². The second-order valence-corrected chi connectivity index (χ2v) is 1.41. The van der Waals surface area contributed by atoms with E-state index in [1.807, 2.05) is 0 Å². The predicted octanol–water partition coefficient (Wildman–Crippen LogP) is -0.626. The summed E-state index contributed by atoms with van der Waals surface area (Å²) in [6.07, 6.45) is 0. The van der Waals surface area contributed by atoms with Crippen LogP contribution in [-0.4, -0.2) is 8.42 Å². The average molecular weight is 114 g/mol. The third-order valence-corrected chi connectivity index (χ3v) is 0.600. The van der Waals surface area contributed by atoms with E-state index < -0.39 is 11.0 Å². The molecule has 0 aliphatic rings. The van der Waals surface area contributed by atoms with Crippen molar-refractivity contribution in [2.75, 3.05) is 0 Å². The van der Waals surface area contributed by atoms with E-state index in [1.54, 1.807) is 0 Å². The molecule has 0 unspecified atom stereocenters. The second-order valence-electron chi connectivity index (χ2n) is 0.305. The topological polar surface area (TPSA) is 43.4 Å². The van der Waals surface area contributed by atoms with Crippen LogP contribution in [0.2, 0.25) is 0 Å². The molecule has 32 valence electrons. The summed E-state index contributed by atoms with van der Waals surface area (Å²) < 4.78 is 21.6. The Morgan fingerprint density at radius 2 is 1.80 bits per heavy atom. The summed E-state index contributed by atoms with van der Waals surface area (Å²) >= 11 is 2.92. The van der Waals surface area contributed by atoms with Crippen molar-refractivity contribution in [1.29, 1.82) is 0 Å². The van der Waals surface area contributed by atoms with Crippen molar-refractivity contribution in [2.24, 2.45) is 0 Å². The lowest BCUT2D eigenvalue weighted by Crippen LogP contribution is -1.64. The molecule has 0 radical (unpaired) electrons. The highest BCUT2D eigenvalue weighted by Crippen LogP contribution is 1.70. The van der Waals surface area contributed by atoms with Crippen molar-refractivity contribution in [3.05, 3.63) is 0 Å². The Morgan fingerprint density at radius 3 is 1.80 bits per heavy atom. The van der Waals surface area contributed by atoms with E-state index in [0.717, 1.165) is 0 Å². The largest absolute Gasteiger partial charge is 0.267 e. The molecule has 0 aromatic rings. The van der Waals surface area contributed by atoms with Crippen LogP contribution in [0.3, 0.4) is 0 Å². The molecule has 0 bridgehead atoms. The first kappa shape index (κ1) is 5.26. The van der Waals surface area contributed by atoms with Crippen LogP contribution in [0.25, 0.3) is 0 Å². The maximum Gasteiger partial charge on any atom is 0.267 e. The number of rotatable bonds is 1. The van der Waals surface area contributed by atoms with Crippen LogP contribution < -0.4 is 0 Å². The Kier molecular flexibility index (Phi) is 2.62. The van der Waals surface area contributed by atoms with Gasteiger partial charge < -0.3 is 0 Å². The number of thiol groups is 2. The molecule has 0 heterocycles. The van der Waals surface area contributed by atoms with Crippen LogP contribution in [-0.2, 0) is 14.6 Å². The third kappa shape index (κ3) is 4.26. The molecule has 3 nitrogen and oxygen atoms in total. The van der Waals surface area contributed by atoms with Crippen molar-refractivity contribution in [2.45, 2.75) is 0 Å². The van der Waals surface area contributed by atoms with Crippen LogP contribution in [0.1, 0.15) is 0 Å². The lowest BCUT2D eigenvalue weighted by Gasteiger charge is -1.64. The first-order valence-corrected chi connectivity index (χ1v) is 2.19. The Morgan fingerprint density at radius 1 is 1.60 bits per heavy atom. The van der Waals surface area contributed by atoms with Gasteiger partial charge in [0.05, 0.1) is 0 Å². The Balaban J connectivity index is 3.23. The molecule has 0 aromatic carbocycles. The van der Waals surface area contributed by atoms with Gasteiger partial charge in [0.25, 0.3) is 11.0 Å². The van der Waals surface area contributed by atoms with Crippen molar-refractivity contribution >= 4 is 23.9 Å². The summed E-state index contributed by atoms with van der Waals surface area (Å²) in [4.78, 5) is 0. The first-order valence-electron chi connectivity index (χ1n) is 0.730. The van der Waals surface area contributed by atoms with E-state index in [4.69, 9.17) is 8.42 Å². The van der Waals surface area contributed by atoms with Gasteiger partial charge in [-0.05, 0) is 12.9 Å². The molecule has 0 saturated heterocycles. The standard InChI is InChI=1S/H2O3S2/c1-5(2)3-4/h4-5H. The van der Waals surface area contributed by atoms with Crippen molar-refractivity contribution in [3.63, 3.8) is 0 Å². The van der Waals surface area contributed by atoms with Gasteiger partial charge in [-0.15, -0.1) is 0 Å². The van der Waals surface area contributed by atoms with Crippen LogP contribution >= 0.6 is 12.9 Å². The highest BCUT2D eigenvalue weighted by atomic mass is 32.2. The Bertz CT molecular complexity index is 63.0. The minimum absolute atomic E-state index is 2.73. The minimum Gasteiger partial charge on any atom is -0.203 e. The van der Waals surface area contributed by atoms with E-state index in [0.29, 0.717) is 0 Å². The summed E-state index contributed by atoms with van der Waals surface area (Å²) in [6.45, 7) is 0. The normalized spacial score (nSPS) is 9.20. The monoisotopic (exact) mass is 114 g/mol. The third-order valence-electron chi connectivity index (χ3n) is 0.0667. The number of hydrogen-bond donors (Lipinski definition) is 2. The van der Waals surface area contributed by atoms with Gasteiger partial charge in [-0.25, -0.2) is 12.0 Å². The van der Waals surface area contributed by atoms with E-state index in [1.165, 1.54) is 0 Å². The van der Waals surface area contributed by atoms with E-state index >= 15 is 0 Å². The molecule has 0 N–H and O–H groups in total. The van der Waals surface area contributed by atoms with Crippen molar-refractivity contribution in [1.82, 2.24) is 0 Å². The molecule has 0 amide bonds. The average Bonchev–Trinajstić information content (AvgIpc) is 1.38. The highest BCUT2D eigenvalue weighted by Gasteiger charge is 1.63. The molecule has 0 fully saturated rings. The van der Waals surface area contributed by atoms with Crippen LogP contribution in [0.4, 0.5) is 0 Å². The molecule has 0 spiro atoms. The fraction of sp³-hybridized carbons (Fsp3) is 0. The zero-order valence-electron chi connectivity index (χ0n) is 2.12. The Hall–Kier alpha value is 0.260. The van der Waals surface area contributed by atoms with Crippen LogP contribution in [0.15, 0.2) is 0 Å². The summed E-state index contributed by atoms with van der Waals surface area (Å²) in [5, 5.41) is 0. The van der Waals surface area contributed by atoms with Crippen LogP contribution in [0, 0.1) is 0 Å². The van der Waals surface area contributed by atoms with E-state index in [2.05, 4.69) is 16.5 Å². The van der Waals surface area contributed by atoms with E-state index in [9.17, 15) is 0 Å². The fourth-order valence-corrected chi connectivity index (χ4v) is 0. The summed E-state index contributed by atoms with van der Waals surface area (Å²) in [7, 11) is -2.73. The summed E-state index contributed by atoms with van der Waals surface area (Å²) in [6, 6.07) is 0. The van der Waals surface area contributed by atoms with Gasteiger partial charge in [-0.1, -0.05) is 0 Å². The van der Waals surface area contributed by atoms with Gasteiger partial charge in [0, 0.05) is 0 Å². The molecule has 0 aliphatic heterocycles. The van der Waals surface area contributed by atoms with Crippen molar-refractivity contribution < 1.29 is 12.0 Å². The molecule has 0 aromatic heterocycles. The zero-order valence-corrected chi connectivity index (χ0v) is 3.91. The lowest BCUT2D eigenvalue weighted by atomic mass is 15.8. The van der Waals surface area contributed by atoms with Gasteiger partial charge >= 0.3 is 0 Å². The quantitative estimate of drug-likeness (QED) is 0.352. The summed E-state index contributed by atoms with van der Waals surface area (Å²) in [5.74, 6) is 0. The minimum atomic E-state index is -2.73. The molecule has 5 heteroatoms. The maximum atomic E-state index is 9.11. The van der Waals surface area contributed by atoms with Gasteiger partial charge in [-0.3, -0.25) is 0 Å². The smallest absolute Gasteiger partial charge is 0.203 e. The number of hydrogen-bond acceptors (Lipinski definition) is 4. The second kappa shape index (κ2) is 2.49. The molecule has 0 atom stereocenters. The SMILES string of the molecule is O=[SH](=O)OS. The molecular formula is H2O3S2. The molecule has 5 heavy (non-hydrogen) atoms. The van der Waals surface area contributed by atoms with Crippen molar-refractivity contribution in [3.8, 4) is 0 Å². The maximum absolute atomic E-state index is 9.11. The summed E-state index contributed by atoms with van der Waals surface area (Å²) in [5.41, 5.74) is 0. The van der Waals surface area contributed by atoms with Gasteiger partial charge in [-0.2, -0.15) is 0 Å². The zero-order chi connectivity index (χ0) is 4.28. The van der Waals surface area contributed by atoms with Gasteiger partial charge in [0.15, 0.2) is 0 Å². The van der Waals surface area contributed by atoms with Gasteiger partial charge in [0.2, 0.25) is 0 Å². The molecule has 0 aliphatic carbocycles. The molecular weight excluding hydrogens is 112 g/mol. The molecule has 0 rings (SSSR count).